The molecule has 0 unspecified atom stereocenters. The average Bonchev–Trinajstić information content (AvgIpc) is 2.96. The zero-order chi connectivity index (χ0) is 14.1. The van der Waals surface area contributed by atoms with Gasteiger partial charge in [0, 0.05) is 43.3 Å². The van der Waals surface area contributed by atoms with Crippen LogP contribution in [0.3, 0.4) is 0 Å². The lowest BCUT2D eigenvalue weighted by molar-refractivity contribution is -0.127. The van der Waals surface area contributed by atoms with Crippen molar-refractivity contribution < 1.29 is 9.90 Å². The number of rotatable bonds is 4. The second-order valence-corrected chi connectivity index (χ2v) is 5.30. The van der Waals surface area contributed by atoms with Crippen molar-refractivity contribution in [2.75, 3.05) is 18.8 Å². The van der Waals surface area contributed by atoms with Crippen molar-refractivity contribution in [2.24, 2.45) is 0 Å². The van der Waals surface area contributed by atoms with E-state index in [2.05, 4.69) is 0 Å². The SMILES string of the molecule is Nc1cccc2cn(CCCN3CCCC3=O)c(O)c12. The Hall–Kier alpha value is -2.17. The Bertz CT molecular complexity index is 648. The molecule has 2 heterocycles. The zero-order valence-corrected chi connectivity index (χ0v) is 11.4. The number of anilines is 1. The molecule has 0 atom stereocenters. The Morgan fingerprint density at radius 1 is 1.30 bits per heavy atom. The van der Waals surface area contributed by atoms with E-state index >= 15 is 0 Å². The summed E-state index contributed by atoms with van der Waals surface area (Å²) in [6.07, 6.45) is 4.39. The smallest absolute Gasteiger partial charge is 0.222 e. The van der Waals surface area contributed by atoms with E-state index in [1.165, 1.54) is 0 Å². The van der Waals surface area contributed by atoms with Crippen LogP contribution >= 0.6 is 0 Å². The van der Waals surface area contributed by atoms with E-state index in [0.29, 0.717) is 24.0 Å². The Morgan fingerprint density at radius 3 is 2.85 bits per heavy atom. The lowest BCUT2D eigenvalue weighted by Gasteiger charge is -2.15. The Kier molecular flexibility index (Phi) is 3.26. The Labute approximate surface area is 117 Å². The van der Waals surface area contributed by atoms with Gasteiger partial charge >= 0.3 is 0 Å². The van der Waals surface area contributed by atoms with Crippen LogP contribution < -0.4 is 5.73 Å². The van der Waals surface area contributed by atoms with E-state index in [4.69, 9.17) is 5.73 Å². The van der Waals surface area contributed by atoms with Crippen LogP contribution in [0.25, 0.3) is 10.8 Å². The number of carbonyl (C=O) groups excluding carboxylic acids is 1. The number of hydrogen-bond acceptors (Lipinski definition) is 3. The molecule has 106 valence electrons. The van der Waals surface area contributed by atoms with Crippen molar-refractivity contribution in [3.8, 4) is 5.88 Å². The van der Waals surface area contributed by atoms with Gasteiger partial charge in [0.25, 0.3) is 0 Å². The first-order valence-electron chi connectivity index (χ1n) is 7.01. The highest BCUT2D eigenvalue weighted by molar-refractivity contribution is 5.97. The molecule has 1 aromatic heterocycles. The maximum atomic E-state index is 11.5. The number of nitrogens with zero attached hydrogens (tertiary/aromatic N) is 2. The zero-order valence-electron chi connectivity index (χ0n) is 11.4. The van der Waals surface area contributed by atoms with E-state index in [1.807, 2.05) is 27.8 Å². The highest BCUT2D eigenvalue weighted by Gasteiger charge is 2.19. The van der Waals surface area contributed by atoms with E-state index in [-0.39, 0.29) is 11.8 Å². The third kappa shape index (κ3) is 2.19. The van der Waals surface area contributed by atoms with Gasteiger partial charge < -0.3 is 20.3 Å². The molecule has 0 radical (unpaired) electrons. The minimum atomic E-state index is 0.214. The van der Waals surface area contributed by atoms with E-state index in [0.717, 1.165) is 31.3 Å². The first-order chi connectivity index (χ1) is 9.66. The second kappa shape index (κ2) is 5.07. The molecular weight excluding hydrogens is 254 g/mol. The van der Waals surface area contributed by atoms with Crippen molar-refractivity contribution in [2.45, 2.75) is 25.8 Å². The summed E-state index contributed by atoms with van der Waals surface area (Å²) in [6, 6.07) is 5.60. The molecule has 1 aliphatic heterocycles. The molecule has 5 nitrogen and oxygen atoms in total. The van der Waals surface area contributed by atoms with Crippen LogP contribution in [0.4, 0.5) is 5.69 Å². The lowest BCUT2D eigenvalue weighted by Crippen LogP contribution is -2.26. The van der Waals surface area contributed by atoms with Crippen molar-refractivity contribution in [3.05, 3.63) is 24.4 Å². The summed E-state index contributed by atoms with van der Waals surface area (Å²) in [5.41, 5.74) is 6.48. The molecule has 20 heavy (non-hydrogen) atoms. The number of aromatic nitrogens is 1. The van der Waals surface area contributed by atoms with Gasteiger partial charge in [-0.3, -0.25) is 4.79 Å². The van der Waals surface area contributed by atoms with Gasteiger partial charge in [-0.15, -0.1) is 0 Å². The van der Waals surface area contributed by atoms with Crippen molar-refractivity contribution in [1.82, 2.24) is 9.47 Å². The van der Waals surface area contributed by atoms with E-state index in [9.17, 15) is 9.90 Å². The number of fused-ring (bicyclic) bond motifs is 1. The van der Waals surface area contributed by atoms with E-state index < -0.39 is 0 Å². The van der Waals surface area contributed by atoms with Crippen LogP contribution in [-0.4, -0.2) is 33.6 Å². The topological polar surface area (TPSA) is 71.5 Å². The van der Waals surface area contributed by atoms with Gasteiger partial charge in [-0.05, 0) is 18.9 Å². The predicted octanol–water partition coefficient (Wildman–Crippen LogP) is 1.94. The highest BCUT2D eigenvalue weighted by Crippen LogP contribution is 2.31. The largest absolute Gasteiger partial charge is 0.494 e. The fourth-order valence-electron chi connectivity index (χ4n) is 2.87. The number of carbonyl (C=O) groups is 1. The van der Waals surface area contributed by atoms with Crippen LogP contribution in [0.15, 0.2) is 24.4 Å². The first-order valence-corrected chi connectivity index (χ1v) is 7.01. The monoisotopic (exact) mass is 273 g/mol. The molecule has 5 heteroatoms. The molecule has 1 aromatic carbocycles. The van der Waals surface area contributed by atoms with Gasteiger partial charge in [-0.1, -0.05) is 12.1 Å². The molecule has 0 spiro atoms. The maximum Gasteiger partial charge on any atom is 0.222 e. The number of benzene rings is 1. The quantitative estimate of drug-likeness (QED) is 0.836. The number of amides is 1. The van der Waals surface area contributed by atoms with Gasteiger partial charge in [-0.2, -0.15) is 0 Å². The van der Waals surface area contributed by atoms with E-state index in [1.54, 1.807) is 6.07 Å². The van der Waals surface area contributed by atoms with Crippen molar-refractivity contribution in [3.63, 3.8) is 0 Å². The summed E-state index contributed by atoms with van der Waals surface area (Å²) in [4.78, 5) is 13.4. The molecular formula is C15H19N3O2. The molecule has 1 fully saturated rings. The first kappa shape index (κ1) is 12.8. The van der Waals surface area contributed by atoms with Crippen LogP contribution in [-0.2, 0) is 11.3 Å². The molecule has 1 aliphatic rings. The fraction of sp³-hybridized carbons (Fsp3) is 0.400. The summed E-state index contributed by atoms with van der Waals surface area (Å²) < 4.78 is 1.81. The van der Waals surface area contributed by atoms with Gasteiger partial charge in [-0.25, -0.2) is 0 Å². The molecule has 1 amide bonds. The molecule has 2 aromatic rings. The molecule has 3 N–H and O–H groups in total. The van der Waals surface area contributed by atoms with Crippen molar-refractivity contribution >= 4 is 22.4 Å². The highest BCUT2D eigenvalue weighted by atomic mass is 16.3. The van der Waals surface area contributed by atoms with Crippen LogP contribution in [0.5, 0.6) is 5.88 Å². The number of hydrogen-bond donors (Lipinski definition) is 2. The number of aromatic hydroxyl groups is 1. The number of nitrogen functional groups attached to an aromatic ring is 1. The third-order valence-corrected chi connectivity index (χ3v) is 3.92. The Morgan fingerprint density at radius 2 is 2.15 bits per heavy atom. The summed E-state index contributed by atoms with van der Waals surface area (Å²) in [7, 11) is 0. The van der Waals surface area contributed by atoms with Crippen LogP contribution in [0.1, 0.15) is 19.3 Å². The van der Waals surface area contributed by atoms with Crippen LogP contribution in [0.2, 0.25) is 0 Å². The minimum Gasteiger partial charge on any atom is -0.494 e. The maximum absolute atomic E-state index is 11.5. The van der Waals surface area contributed by atoms with Gasteiger partial charge in [0.15, 0.2) is 0 Å². The Balaban J connectivity index is 1.70. The number of nitrogens with two attached hydrogens (primary N) is 1. The molecule has 0 saturated carbocycles. The molecule has 0 bridgehead atoms. The summed E-state index contributed by atoms with van der Waals surface area (Å²) in [5.74, 6) is 0.460. The molecule has 1 saturated heterocycles. The third-order valence-electron chi connectivity index (χ3n) is 3.92. The van der Waals surface area contributed by atoms with Crippen molar-refractivity contribution in [1.29, 1.82) is 0 Å². The lowest BCUT2D eigenvalue weighted by atomic mass is 10.2. The van der Waals surface area contributed by atoms with Gasteiger partial charge in [0.2, 0.25) is 11.8 Å². The minimum absolute atomic E-state index is 0.214. The normalized spacial score (nSPS) is 15.4. The van der Waals surface area contributed by atoms with Crippen LogP contribution in [0, 0.1) is 0 Å². The summed E-state index contributed by atoms with van der Waals surface area (Å²) in [6.45, 7) is 2.30. The summed E-state index contributed by atoms with van der Waals surface area (Å²) in [5, 5.41) is 11.9. The summed E-state index contributed by atoms with van der Waals surface area (Å²) >= 11 is 0. The molecule has 3 rings (SSSR count). The second-order valence-electron chi connectivity index (χ2n) is 5.30. The van der Waals surface area contributed by atoms with Gasteiger partial charge in [0.1, 0.15) is 0 Å². The molecule has 0 aliphatic carbocycles. The van der Waals surface area contributed by atoms with Gasteiger partial charge in [0.05, 0.1) is 5.39 Å². The predicted molar refractivity (Wildman–Crippen MR) is 78.4 cm³/mol. The number of likely N-dealkylation sites (tertiary alicyclic amines) is 1. The standard InChI is InChI=1S/C15H19N3O2/c16-12-5-1-4-11-10-18(15(20)14(11)12)9-3-8-17-7-2-6-13(17)19/h1,4-5,10,20H,2-3,6-9,16H2. The average molecular weight is 273 g/mol. The fourth-order valence-corrected chi connectivity index (χ4v) is 2.87. The number of aryl methyl sites for hydroxylation is 1.